The van der Waals surface area contributed by atoms with Crippen LogP contribution in [0.2, 0.25) is 0 Å². The fourth-order valence-corrected chi connectivity index (χ4v) is 2.16. The van der Waals surface area contributed by atoms with Gasteiger partial charge >= 0.3 is 5.97 Å². The number of carbonyl (C=O) groups is 1. The summed E-state index contributed by atoms with van der Waals surface area (Å²) in [6, 6.07) is 4.90. The van der Waals surface area contributed by atoms with Gasteiger partial charge in [0.15, 0.2) is 0 Å². The van der Waals surface area contributed by atoms with Gasteiger partial charge < -0.3 is 9.47 Å². The quantitative estimate of drug-likeness (QED) is 0.677. The molecule has 0 heterocycles. The van der Waals surface area contributed by atoms with Crippen LogP contribution in [0.15, 0.2) is 22.7 Å². The van der Waals surface area contributed by atoms with E-state index < -0.39 is 0 Å². The zero-order valence-corrected chi connectivity index (χ0v) is 13.3. The Labute approximate surface area is 127 Å². The van der Waals surface area contributed by atoms with E-state index in [-0.39, 0.29) is 11.8 Å². The minimum Gasteiger partial charge on any atom is -0.469 e. The van der Waals surface area contributed by atoms with Crippen LogP contribution in [-0.2, 0) is 20.8 Å². The van der Waals surface area contributed by atoms with Crippen molar-refractivity contribution in [3.63, 3.8) is 0 Å². The van der Waals surface area contributed by atoms with Crippen LogP contribution in [0.1, 0.15) is 12.0 Å². The maximum atomic E-state index is 13.2. The molecule has 0 fully saturated rings. The van der Waals surface area contributed by atoms with Crippen LogP contribution in [-0.4, -0.2) is 44.8 Å². The molecule has 0 bridgehead atoms. The molecule has 0 aromatic heterocycles. The predicted molar refractivity (Wildman–Crippen MR) is 77.9 cm³/mol. The van der Waals surface area contributed by atoms with Crippen molar-refractivity contribution in [1.82, 2.24) is 4.90 Å². The van der Waals surface area contributed by atoms with E-state index in [2.05, 4.69) is 25.6 Å². The van der Waals surface area contributed by atoms with Crippen LogP contribution < -0.4 is 0 Å². The molecule has 0 saturated carbocycles. The topological polar surface area (TPSA) is 38.8 Å². The van der Waals surface area contributed by atoms with E-state index in [1.165, 1.54) is 13.2 Å². The fraction of sp³-hybridized carbons (Fsp3) is 0.500. The van der Waals surface area contributed by atoms with E-state index in [1.807, 2.05) is 0 Å². The van der Waals surface area contributed by atoms with Gasteiger partial charge in [0.1, 0.15) is 5.82 Å². The molecule has 1 rings (SSSR count). The summed E-state index contributed by atoms with van der Waals surface area (Å²) in [7, 11) is 3.01. The van der Waals surface area contributed by atoms with E-state index in [9.17, 15) is 9.18 Å². The van der Waals surface area contributed by atoms with Gasteiger partial charge in [-0.1, -0.05) is 6.07 Å². The zero-order chi connectivity index (χ0) is 15.0. The van der Waals surface area contributed by atoms with E-state index in [1.54, 1.807) is 19.2 Å². The molecule has 0 spiro atoms. The van der Waals surface area contributed by atoms with Gasteiger partial charge in [-0.2, -0.15) is 0 Å². The predicted octanol–water partition coefficient (Wildman–Crippen LogP) is 2.60. The lowest BCUT2D eigenvalue weighted by Crippen LogP contribution is -2.29. The monoisotopic (exact) mass is 347 g/mol. The highest BCUT2D eigenvalue weighted by Gasteiger charge is 2.10. The first kappa shape index (κ1) is 17.1. The van der Waals surface area contributed by atoms with Gasteiger partial charge in [-0.05, 0) is 33.6 Å². The Morgan fingerprint density at radius 2 is 2.10 bits per heavy atom. The number of halogens is 2. The standard InChI is InChI=1S/C14H19BrFNO3/c1-19-8-7-17(6-5-14(18)20-2)10-11-3-4-13(16)12(15)9-11/h3-4,9H,5-8,10H2,1-2H3. The average molecular weight is 348 g/mol. The van der Waals surface area contributed by atoms with Crippen LogP contribution in [0.3, 0.4) is 0 Å². The van der Waals surface area contributed by atoms with Crippen LogP contribution in [0.25, 0.3) is 0 Å². The summed E-state index contributed by atoms with van der Waals surface area (Å²) in [5.41, 5.74) is 0.972. The van der Waals surface area contributed by atoms with Crippen molar-refractivity contribution in [3.05, 3.63) is 34.1 Å². The summed E-state index contributed by atoms with van der Waals surface area (Å²) in [6.45, 7) is 2.47. The normalized spacial score (nSPS) is 10.8. The first-order valence-corrected chi connectivity index (χ1v) is 7.08. The summed E-state index contributed by atoms with van der Waals surface area (Å²) in [5, 5.41) is 0. The first-order valence-electron chi connectivity index (χ1n) is 6.29. The third-order valence-corrected chi connectivity index (χ3v) is 3.47. The molecule has 1 aromatic carbocycles. The van der Waals surface area contributed by atoms with Crippen molar-refractivity contribution in [2.24, 2.45) is 0 Å². The SMILES string of the molecule is COCCN(CCC(=O)OC)Cc1ccc(F)c(Br)c1. The Morgan fingerprint density at radius 1 is 1.35 bits per heavy atom. The maximum Gasteiger partial charge on any atom is 0.306 e. The lowest BCUT2D eigenvalue weighted by atomic mass is 10.2. The molecular weight excluding hydrogens is 329 g/mol. The molecule has 0 aliphatic carbocycles. The molecule has 0 N–H and O–H groups in total. The van der Waals surface area contributed by atoms with Gasteiger partial charge in [-0.15, -0.1) is 0 Å². The molecule has 0 radical (unpaired) electrons. The lowest BCUT2D eigenvalue weighted by Gasteiger charge is -2.21. The summed E-state index contributed by atoms with van der Waals surface area (Å²) in [5.74, 6) is -0.528. The van der Waals surface area contributed by atoms with Gasteiger partial charge in [-0.25, -0.2) is 4.39 Å². The molecule has 112 valence electrons. The van der Waals surface area contributed by atoms with Gasteiger partial charge in [0.2, 0.25) is 0 Å². The third-order valence-electron chi connectivity index (χ3n) is 2.86. The molecule has 0 aliphatic rings. The van der Waals surface area contributed by atoms with Crippen LogP contribution in [0.4, 0.5) is 4.39 Å². The molecule has 0 amide bonds. The minimum absolute atomic E-state index is 0.243. The molecule has 20 heavy (non-hydrogen) atoms. The van der Waals surface area contributed by atoms with Crippen molar-refractivity contribution >= 4 is 21.9 Å². The highest BCUT2D eigenvalue weighted by molar-refractivity contribution is 9.10. The smallest absolute Gasteiger partial charge is 0.306 e. The second-order valence-corrected chi connectivity index (χ2v) is 5.20. The van der Waals surface area contributed by atoms with E-state index in [0.717, 1.165) is 5.56 Å². The Bertz CT molecular complexity index is 442. The molecule has 0 aliphatic heterocycles. The summed E-state index contributed by atoms with van der Waals surface area (Å²) < 4.78 is 23.3. The molecule has 0 unspecified atom stereocenters. The van der Waals surface area contributed by atoms with E-state index in [4.69, 9.17) is 4.74 Å². The first-order chi connectivity index (χ1) is 9.56. The summed E-state index contributed by atoms with van der Waals surface area (Å²) >= 11 is 3.17. The summed E-state index contributed by atoms with van der Waals surface area (Å²) in [4.78, 5) is 13.3. The molecular formula is C14H19BrFNO3. The van der Waals surface area contributed by atoms with Gasteiger partial charge in [0.05, 0.1) is 24.6 Å². The molecule has 0 saturated heterocycles. The van der Waals surface area contributed by atoms with Crippen molar-refractivity contribution in [2.45, 2.75) is 13.0 Å². The van der Waals surface area contributed by atoms with E-state index >= 15 is 0 Å². The maximum absolute atomic E-state index is 13.2. The number of hydrogen-bond acceptors (Lipinski definition) is 4. The van der Waals surface area contributed by atoms with Gasteiger partial charge in [-0.3, -0.25) is 9.69 Å². The zero-order valence-electron chi connectivity index (χ0n) is 11.7. The highest BCUT2D eigenvalue weighted by Crippen LogP contribution is 2.18. The van der Waals surface area contributed by atoms with Gasteiger partial charge in [0, 0.05) is 26.7 Å². The van der Waals surface area contributed by atoms with E-state index in [0.29, 0.717) is 37.1 Å². The average Bonchev–Trinajstić information content (AvgIpc) is 2.45. The molecule has 6 heteroatoms. The minimum atomic E-state index is -0.285. The second kappa shape index (κ2) is 9.05. The number of methoxy groups -OCH3 is 2. The fourth-order valence-electron chi connectivity index (χ4n) is 1.74. The van der Waals surface area contributed by atoms with Crippen molar-refractivity contribution in [2.75, 3.05) is 33.9 Å². The largest absolute Gasteiger partial charge is 0.469 e. The second-order valence-electron chi connectivity index (χ2n) is 4.34. The number of nitrogens with zero attached hydrogens (tertiary/aromatic N) is 1. The Morgan fingerprint density at radius 3 is 2.70 bits per heavy atom. The number of carbonyl (C=O) groups excluding carboxylic acids is 1. The molecule has 0 atom stereocenters. The number of benzene rings is 1. The Balaban J connectivity index is 2.62. The number of hydrogen-bond donors (Lipinski definition) is 0. The summed E-state index contributed by atoms with van der Waals surface area (Å²) in [6.07, 6.45) is 0.322. The number of esters is 1. The van der Waals surface area contributed by atoms with Crippen molar-refractivity contribution in [3.8, 4) is 0 Å². The van der Waals surface area contributed by atoms with Crippen LogP contribution in [0.5, 0.6) is 0 Å². The van der Waals surface area contributed by atoms with Crippen LogP contribution in [0, 0.1) is 5.82 Å². The van der Waals surface area contributed by atoms with Crippen LogP contribution >= 0.6 is 15.9 Å². The molecule has 4 nitrogen and oxygen atoms in total. The Hall–Kier alpha value is -0.980. The third kappa shape index (κ3) is 5.98. The van der Waals surface area contributed by atoms with Crippen molar-refractivity contribution < 1.29 is 18.7 Å². The van der Waals surface area contributed by atoms with Crippen molar-refractivity contribution in [1.29, 1.82) is 0 Å². The Kier molecular flexibility index (Phi) is 7.72. The number of ether oxygens (including phenoxy) is 2. The highest BCUT2D eigenvalue weighted by atomic mass is 79.9. The lowest BCUT2D eigenvalue weighted by molar-refractivity contribution is -0.141. The molecule has 1 aromatic rings. The van der Waals surface area contributed by atoms with Gasteiger partial charge in [0.25, 0.3) is 0 Å². The number of rotatable bonds is 8.